The molecule has 0 aliphatic rings. The van der Waals surface area contributed by atoms with Crippen molar-refractivity contribution >= 4 is 0 Å². The van der Waals surface area contributed by atoms with Crippen molar-refractivity contribution in [2.75, 3.05) is 27.2 Å². The molecule has 196 valence electrons. The van der Waals surface area contributed by atoms with Crippen molar-refractivity contribution in [2.45, 2.75) is 168 Å². The Morgan fingerprint density at radius 2 is 0.500 bits per heavy atom. The van der Waals surface area contributed by atoms with Crippen molar-refractivity contribution in [3.05, 3.63) is 0 Å². The van der Waals surface area contributed by atoms with Crippen LogP contribution < -0.4 is 0 Å². The van der Waals surface area contributed by atoms with E-state index in [1.807, 2.05) is 0 Å². The van der Waals surface area contributed by atoms with Crippen molar-refractivity contribution in [3.8, 4) is 0 Å². The summed E-state index contributed by atoms with van der Waals surface area (Å²) in [6.07, 6.45) is 35.0. The zero-order valence-electron chi connectivity index (χ0n) is 23.3. The summed E-state index contributed by atoms with van der Waals surface area (Å²) in [5, 5.41) is 0. The first-order valence-corrected chi connectivity index (χ1v) is 14.9. The van der Waals surface area contributed by atoms with Gasteiger partial charge in [0.2, 0.25) is 0 Å². The lowest BCUT2D eigenvalue weighted by Crippen LogP contribution is -2.41. The van der Waals surface area contributed by atoms with Gasteiger partial charge in [-0.2, -0.15) is 0 Å². The molecule has 0 fully saturated rings. The fourth-order valence-electron chi connectivity index (χ4n) is 4.87. The Labute approximate surface area is 205 Å². The monoisotopic (exact) mass is 456 g/mol. The molecular formula is C30H65NO. The maximum absolute atomic E-state index is 2.46. The topological polar surface area (TPSA) is 30.0 Å². The zero-order chi connectivity index (χ0) is 22.9. The molecule has 0 aromatic heterocycles. The number of quaternary nitrogens is 1. The molecule has 2 heteroatoms. The molecule has 0 aromatic rings. The molecule has 0 aromatic carbocycles. The Kier molecular flexibility index (Phi) is 28.9. The Hall–Kier alpha value is -0.0800. The van der Waals surface area contributed by atoms with Crippen LogP contribution in [0.15, 0.2) is 0 Å². The van der Waals surface area contributed by atoms with Crippen molar-refractivity contribution in [2.24, 2.45) is 0 Å². The summed E-state index contributed by atoms with van der Waals surface area (Å²) in [5.74, 6) is 0. The van der Waals surface area contributed by atoms with E-state index < -0.39 is 0 Å². The standard InChI is InChI=1S/C30H64N.H2O/c1-5-7-9-11-13-15-17-19-21-23-25-27-29-31(3,4)30-28-26-24-22-20-18-16-14-12-10-8-6-2;/h5-30H2,1-4H3;1H2/q+1;/p-1. The minimum Gasteiger partial charge on any atom is -0.870 e. The molecule has 0 heterocycles. The summed E-state index contributed by atoms with van der Waals surface area (Å²) in [6.45, 7) is 7.38. The molecule has 0 unspecified atom stereocenters. The van der Waals surface area contributed by atoms with Gasteiger partial charge >= 0.3 is 0 Å². The van der Waals surface area contributed by atoms with Gasteiger partial charge in [-0.15, -0.1) is 0 Å². The van der Waals surface area contributed by atoms with Crippen LogP contribution in [-0.2, 0) is 0 Å². The van der Waals surface area contributed by atoms with Gasteiger partial charge in [0.25, 0.3) is 0 Å². The van der Waals surface area contributed by atoms with Crippen molar-refractivity contribution in [1.29, 1.82) is 0 Å². The molecular weight excluding hydrogens is 390 g/mol. The van der Waals surface area contributed by atoms with Crippen LogP contribution in [0.5, 0.6) is 0 Å². The molecule has 0 saturated carbocycles. The summed E-state index contributed by atoms with van der Waals surface area (Å²) >= 11 is 0. The molecule has 0 bridgehead atoms. The fraction of sp³-hybridized carbons (Fsp3) is 1.00. The van der Waals surface area contributed by atoms with Gasteiger partial charge in [0.1, 0.15) is 0 Å². The van der Waals surface area contributed by atoms with E-state index in [1.54, 1.807) is 0 Å². The van der Waals surface area contributed by atoms with E-state index >= 15 is 0 Å². The molecule has 2 nitrogen and oxygen atoms in total. The van der Waals surface area contributed by atoms with E-state index in [-0.39, 0.29) is 5.48 Å². The molecule has 0 atom stereocenters. The van der Waals surface area contributed by atoms with Crippen LogP contribution in [0.25, 0.3) is 0 Å². The molecule has 0 saturated heterocycles. The molecule has 0 radical (unpaired) electrons. The quantitative estimate of drug-likeness (QED) is 0.0941. The number of rotatable bonds is 26. The lowest BCUT2D eigenvalue weighted by atomic mass is 10.0. The second kappa shape index (κ2) is 27.2. The summed E-state index contributed by atoms with van der Waals surface area (Å²) in [7, 11) is 4.91. The molecule has 0 aliphatic carbocycles. The predicted octanol–water partition coefficient (Wildman–Crippen LogP) is 10.3. The van der Waals surface area contributed by atoms with Crippen molar-refractivity contribution in [3.63, 3.8) is 0 Å². The smallest absolute Gasteiger partial charge is 0.0782 e. The average Bonchev–Trinajstić information content (AvgIpc) is 2.75. The molecule has 0 amide bonds. The Bertz CT molecular complexity index is 299. The molecule has 0 rings (SSSR count). The first-order chi connectivity index (χ1) is 15.1. The Morgan fingerprint density at radius 3 is 0.719 bits per heavy atom. The van der Waals surface area contributed by atoms with E-state index in [2.05, 4.69) is 27.9 Å². The second-order valence-corrected chi connectivity index (χ2v) is 11.2. The van der Waals surface area contributed by atoms with Crippen LogP contribution in [0.1, 0.15) is 168 Å². The van der Waals surface area contributed by atoms with Gasteiger partial charge in [0.15, 0.2) is 0 Å². The van der Waals surface area contributed by atoms with Crippen LogP contribution in [-0.4, -0.2) is 37.1 Å². The molecule has 0 spiro atoms. The van der Waals surface area contributed by atoms with Gasteiger partial charge < -0.3 is 9.96 Å². The summed E-state index contributed by atoms with van der Waals surface area (Å²) in [6, 6.07) is 0. The maximum Gasteiger partial charge on any atom is 0.0782 e. The lowest BCUT2D eigenvalue weighted by molar-refractivity contribution is -0.890. The van der Waals surface area contributed by atoms with E-state index in [1.165, 1.54) is 172 Å². The van der Waals surface area contributed by atoms with Crippen LogP contribution in [0.2, 0.25) is 0 Å². The Balaban J connectivity index is 0. The normalized spacial score (nSPS) is 11.6. The van der Waals surface area contributed by atoms with Gasteiger partial charge in [-0.05, 0) is 25.7 Å². The summed E-state index contributed by atoms with van der Waals surface area (Å²) < 4.78 is 1.25. The van der Waals surface area contributed by atoms with Gasteiger partial charge in [0, 0.05) is 0 Å². The fourth-order valence-corrected chi connectivity index (χ4v) is 4.87. The largest absolute Gasteiger partial charge is 0.870 e. The third-order valence-electron chi connectivity index (χ3n) is 7.23. The molecule has 0 aliphatic heterocycles. The predicted molar refractivity (Wildman–Crippen MR) is 146 cm³/mol. The molecule has 32 heavy (non-hydrogen) atoms. The van der Waals surface area contributed by atoms with E-state index in [0.29, 0.717) is 0 Å². The summed E-state index contributed by atoms with van der Waals surface area (Å²) in [5.41, 5.74) is 0. The minimum absolute atomic E-state index is 0. The molecule has 1 N–H and O–H groups in total. The lowest BCUT2D eigenvalue weighted by Gasteiger charge is -2.30. The van der Waals surface area contributed by atoms with Crippen LogP contribution >= 0.6 is 0 Å². The van der Waals surface area contributed by atoms with E-state index in [0.717, 1.165) is 0 Å². The third kappa shape index (κ3) is 28.0. The first-order valence-electron chi connectivity index (χ1n) is 14.9. The zero-order valence-corrected chi connectivity index (χ0v) is 23.3. The summed E-state index contributed by atoms with van der Waals surface area (Å²) in [4.78, 5) is 0. The highest BCUT2D eigenvalue weighted by molar-refractivity contribution is 4.50. The van der Waals surface area contributed by atoms with Crippen molar-refractivity contribution in [1.82, 2.24) is 0 Å². The van der Waals surface area contributed by atoms with Gasteiger partial charge in [-0.1, -0.05) is 142 Å². The highest BCUT2D eigenvalue weighted by Crippen LogP contribution is 2.15. The number of unbranched alkanes of at least 4 members (excludes halogenated alkanes) is 22. The Morgan fingerprint density at radius 1 is 0.312 bits per heavy atom. The second-order valence-electron chi connectivity index (χ2n) is 11.2. The average molecular weight is 456 g/mol. The first kappa shape index (κ1) is 34.1. The van der Waals surface area contributed by atoms with Crippen LogP contribution in [0.3, 0.4) is 0 Å². The van der Waals surface area contributed by atoms with Crippen LogP contribution in [0.4, 0.5) is 0 Å². The maximum atomic E-state index is 2.46. The van der Waals surface area contributed by atoms with Crippen molar-refractivity contribution < 1.29 is 9.96 Å². The van der Waals surface area contributed by atoms with Gasteiger partial charge in [-0.25, -0.2) is 0 Å². The third-order valence-corrected chi connectivity index (χ3v) is 7.23. The number of nitrogens with zero attached hydrogens (tertiary/aromatic N) is 1. The van der Waals surface area contributed by atoms with Crippen LogP contribution in [0, 0.1) is 0 Å². The minimum atomic E-state index is 0. The van der Waals surface area contributed by atoms with Gasteiger partial charge in [-0.3, -0.25) is 0 Å². The van der Waals surface area contributed by atoms with E-state index in [9.17, 15) is 0 Å². The number of hydrogen-bond donors (Lipinski definition) is 0. The number of hydrogen-bond acceptors (Lipinski definition) is 1. The highest BCUT2D eigenvalue weighted by Gasteiger charge is 2.13. The van der Waals surface area contributed by atoms with Gasteiger partial charge in [0.05, 0.1) is 27.2 Å². The van der Waals surface area contributed by atoms with E-state index in [4.69, 9.17) is 0 Å². The highest BCUT2D eigenvalue weighted by atomic mass is 16.0. The SMILES string of the molecule is CCCCCCCCCCCCCC[N+](C)(C)CCCCCCCCCCCCCC.[OH-].